The van der Waals surface area contributed by atoms with Gasteiger partial charge in [0, 0.05) is 24.9 Å². The number of rotatable bonds is 1. The van der Waals surface area contributed by atoms with Crippen molar-refractivity contribution < 1.29 is 13.9 Å². The van der Waals surface area contributed by atoms with Crippen molar-refractivity contribution in [2.75, 3.05) is 6.54 Å². The van der Waals surface area contributed by atoms with E-state index in [0.717, 1.165) is 0 Å². The van der Waals surface area contributed by atoms with Crippen LogP contribution in [0.5, 0.6) is 5.75 Å². The van der Waals surface area contributed by atoms with Crippen LogP contribution in [-0.2, 0) is 5.54 Å². The molecule has 5 heteroatoms. The molecule has 1 aliphatic rings. The van der Waals surface area contributed by atoms with Gasteiger partial charge in [-0.2, -0.15) is 0 Å². The maximum Gasteiger partial charge on any atom is 0.251 e. The zero-order valence-electron chi connectivity index (χ0n) is 9.54. The summed E-state index contributed by atoms with van der Waals surface area (Å²) in [6.45, 7) is 2.04. The monoisotopic (exact) mass is 263 g/mol. The highest BCUT2D eigenvalue weighted by Gasteiger charge is 2.43. The van der Waals surface area contributed by atoms with E-state index < -0.39 is 11.5 Å². The quantitative estimate of drug-likeness (QED) is 0.816. The molecule has 1 atom stereocenters. The topological polar surface area (TPSA) is 32.3 Å². The fourth-order valence-corrected chi connectivity index (χ4v) is 2.24. The molecule has 1 aromatic rings. The van der Waals surface area contributed by atoms with Gasteiger partial charge in [-0.3, -0.25) is 0 Å². The highest BCUT2D eigenvalue weighted by atomic mass is 35.5. The number of hydrogen-bond acceptors (Lipinski definition) is 2. The van der Waals surface area contributed by atoms with Crippen molar-refractivity contribution in [2.24, 2.45) is 0 Å². The van der Waals surface area contributed by atoms with E-state index in [1.165, 1.54) is 12.1 Å². The minimum atomic E-state index is -2.63. The number of phenols is 1. The first-order valence-electron chi connectivity index (χ1n) is 5.34. The third-order valence-electron chi connectivity index (χ3n) is 3.10. The van der Waals surface area contributed by atoms with E-state index in [0.29, 0.717) is 12.1 Å². The summed E-state index contributed by atoms with van der Waals surface area (Å²) in [7, 11) is 0. The zero-order chi connectivity index (χ0) is 11.8. The lowest BCUT2D eigenvalue weighted by atomic mass is 9.82. The number of alkyl halides is 2. The Balaban J connectivity index is 0.00000144. The summed E-state index contributed by atoms with van der Waals surface area (Å²) < 4.78 is 26.8. The van der Waals surface area contributed by atoms with Crippen LogP contribution in [0.25, 0.3) is 0 Å². The van der Waals surface area contributed by atoms with E-state index >= 15 is 0 Å². The Labute approximate surface area is 105 Å². The highest BCUT2D eigenvalue weighted by Crippen LogP contribution is 2.39. The van der Waals surface area contributed by atoms with Crippen molar-refractivity contribution >= 4 is 12.4 Å². The third-order valence-corrected chi connectivity index (χ3v) is 3.10. The minimum absolute atomic E-state index is 0. The van der Waals surface area contributed by atoms with E-state index in [2.05, 4.69) is 5.32 Å². The number of benzene rings is 1. The largest absolute Gasteiger partial charge is 0.508 e. The fraction of sp³-hybridized carbons (Fsp3) is 0.500. The Morgan fingerprint density at radius 1 is 1.35 bits per heavy atom. The molecule has 1 fully saturated rings. The molecule has 0 spiro atoms. The lowest BCUT2D eigenvalue weighted by molar-refractivity contribution is -0.0611. The van der Waals surface area contributed by atoms with Gasteiger partial charge in [0.05, 0.1) is 0 Å². The van der Waals surface area contributed by atoms with Crippen LogP contribution in [-0.4, -0.2) is 17.6 Å². The van der Waals surface area contributed by atoms with Gasteiger partial charge in [0.1, 0.15) is 5.75 Å². The molecule has 0 bridgehead atoms. The average Bonchev–Trinajstić information content (AvgIpc) is 2.15. The van der Waals surface area contributed by atoms with Gasteiger partial charge >= 0.3 is 0 Å². The molecule has 0 aliphatic carbocycles. The predicted octanol–water partition coefficient (Wildman–Crippen LogP) is 3.05. The molecule has 1 aromatic carbocycles. The normalized spacial score (nSPS) is 27.2. The lowest BCUT2D eigenvalue weighted by Gasteiger charge is -2.39. The molecule has 2 N–H and O–H groups in total. The molecule has 0 saturated carbocycles. The van der Waals surface area contributed by atoms with Crippen LogP contribution >= 0.6 is 12.4 Å². The number of halogens is 3. The Morgan fingerprint density at radius 3 is 2.65 bits per heavy atom. The number of phenolic OH excluding ortho intramolecular Hbond substituents is 1. The van der Waals surface area contributed by atoms with Crippen LogP contribution in [0.15, 0.2) is 24.3 Å². The Hall–Kier alpha value is -0.870. The molecule has 17 heavy (non-hydrogen) atoms. The summed E-state index contributed by atoms with van der Waals surface area (Å²) in [5.41, 5.74) is -0.0626. The number of nitrogens with one attached hydrogen (secondary N) is 1. The zero-order valence-corrected chi connectivity index (χ0v) is 10.4. The van der Waals surface area contributed by atoms with Crippen molar-refractivity contribution in [2.45, 2.75) is 31.2 Å². The maximum atomic E-state index is 13.4. The third kappa shape index (κ3) is 3.07. The van der Waals surface area contributed by atoms with Gasteiger partial charge < -0.3 is 10.4 Å². The van der Waals surface area contributed by atoms with Gasteiger partial charge in [0.15, 0.2) is 0 Å². The van der Waals surface area contributed by atoms with Gasteiger partial charge in [0.2, 0.25) is 0 Å². The molecule has 0 amide bonds. The van der Waals surface area contributed by atoms with E-state index in [9.17, 15) is 13.9 Å². The van der Waals surface area contributed by atoms with Gasteiger partial charge in [0.25, 0.3) is 5.92 Å². The van der Waals surface area contributed by atoms with E-state index in [4.69, 9.17) is 0 Å². The second-order valence-electron chi connectivity index (χ2n) is 4.59. The summed E-state index contributed by atoms with van der Waals surface area (Å²) in [6.07, 6.45) is -0.356. The second kappa shape index (κ2) is 4.78. The van der Waals surface area contributed by atoms with Gasteiger partial charge in [-0.25, -0.2) is 8.78 Å². The smallest absolute Gasteiger partial charge is 0.251 e. The number of hydrogen-bond donors (Lipinski definition) is 2. The van der Waals surface area contributed by atoms with E-state index in [1.807, 2.05) is 0 Å². The van der Waals surface area contributed by atoms with Crippen LogP contribution in [0.4, 0.5) is 8.78 Å². The molecule has 96 valence electrons. The fourth-order valence-electron chi connectivity index (χ4n) is 2.24. The summed E-state index contributed by atoms with van der Waals surface area (Å²) in [4.78, 5) is 0. The first-order chi connectivity index (χ1) is 7.41. The Morgan fingerprint density at radius 2 is 2.06 bits per heavy atom. The molecule has 0 radical (unpaired) electrons. The van der Waals surface area contributed by atoms with E-state index in [-0.39, 0.29) is 31.0 Å². The molecule has 1 saturated heterocycles. The molecular weight excluding hydrogens is 248 g/mol. The standard InChI is InChI=1S/C12H15F2NO.ClH/c1-11(8-12(13,14)5-6-15-11)9-3-2-4-10(16)7-9;/h2-4,7,15-16H,5-6,8H2,1H3;1H. The maximum absolute atomic E-state index is 13.4. The minimum Gasteiger partial charge on any atom is -0.508 e. The van der Waals surface area contributed by atoms with Crippen LogP contribution < -0.4 is 5.32 Å². The van der Waals surface area contributed by atoms with Gasteiger partial charge in [-0.15, -0.1) is 12.4 Å². The highest BCUT2D eigenvalue weighted by molar-refractivity contribution is 5.85. The SMILES string of the molecule is CC1(c2cccc(O)c2)CC(F)(F)CCN1.Cl. The molecule has 1 aliphatic heterocycles. The van der Waals surface area contributed by atoms with E-state index in [1.54, 1.807) is 19.1 Å². The first kappa shape index (κ1) is 14.2. The van der Waals surface area contributed by atoms with Crippen LogP contribution in [0.3, 0.4) is 0 Å². The van der Waals surface area contributed by atoms with Crippen molar-refractivity contribution in [3.8, 4) is 5.75 Å². The summed E-state index contributed by atoms with van der Waals surface area (Å²) in [5.74, 6) is -2.53. The lowest BCUT2D eigenvalue weighted by Crippen LogP contribution is -2.50. The molecule has 1 heterocycles. The molecule has 2 nitrogen and oxygen atoms in total. The molecular formula is C12H16ClF2NO. The molecule has 0 aromatic heterocycles. The average molecular weight is 264 g/mol. The van der Waals surface area contributed by atoms with Crippen molar-refractivity contribution in [3.63, 3.8) is 0 Å². The second-order valence-corrected chi connectivity index (χ2v) is 4.59. The Bertz CT molecular complexity index is 400. The van der Waals surface area contributed by atoms with Gasteiger partial charge in [-0.05, 0) is 24.6 Å². The summed E-state index contributed by atoms with van der Waals surface area (Å²) in [5, 5.41) is 12.5. The van der Waals surface area contributed by atoms with Crippen LogP contribution in [0.2, 0.25) is 0 Å². The van der Waals surface area contributed by atoms with Crippen molar-refractivity contribution in [1.29, 1.82) is 0 Å². The summed E-state index contributed by atoms with van der Waals surface area (Å²) >= 11 is 0. The molecule has 1 unspecified atom stereocenters. The van der Waals surface area contributed by atoms with Crippen molar-refractivity contribution in [1.82, 2.24) is 5.32 Å². The predicted molar refractivity (Wildman–Crippen MR) is 64.9 cm³/mol. The molecule has 2 rings (SSSR count). The number of piperidine rings is 1. The Kier molecular flexibility index (Phi) is 3.99. The number of aromatic hydroxyl groups is 1. The van der Waals surface area contributed by atoms with Crippen LogP contribution in [0.1, 0.15) is 25.3 Å². The van der Waals surface area contributed by atoms with Gasteiger partial charge in [-0.1, -0.05) is 12.1 Å². The van der Waals surface area contributed by atoms with Crippen LogP contribution in [0, 0.1) is 0 Å². The summed E-state index contributed by atoms with van der Waals surface area (Å²) in [6, 6.07) is 6.50. The first-order valence-corrected chi connectivity index (χ1v) is 5.34. The van der Waals surface area contributed by atoms with Crippen molar-refractivity contribution in [3.05, 3.63) is 29.8 Å².